The molecule has 0 aliphatic carbocycles. The molecule has 4 rings (SSSR count). The average molecular weight is 389 g/mol. The van der Waals surface area contributed by atoms with E-state index in [2.05, 4.69) is 28.8 Å². The molecule has 1 aromatic carbocycles. The summed E-state index contributed by atoms with van der Waals surface area (Å²) < 4.78 is 15.5. The number of halogens is 1. The van der Waals surface area contributed by atoms with Crippen molar-refractivity contribution in [2.45, 2.75) is 39.7 Å². The van der Waals surface area contributed by atoms with Gasteiger partial charge in [0.05, 0.1) is 10.9 Å². The van der Waals surface area contributed by atoms with Crippen LogP contribution in [0.1, 0.15) is 49.5 Å². The van der Waals surface area contributed by atoms with Crippen molar-refractivity contribution in [2.75, 3.05) is 13.1 Å². The van der Waals surface area contributed by atoms with Gasteiger partial charge in [-0.15, -0.1) is 5.10 Å². The van der Waals surface area contributed by atoms with Gasteiger partial charge in [-0.3, -0.25) is 4.90 Å². The van der Waals surface area contributed by atoms with Gasteiger partial charge in [0.1, 0.15) is 5.82 Å². The van der Waals surface area contributed by atoms with Gasteiger partial charge in [0, 0.05) is 19.5 Å². The lowest BCUT2D eigenvalue weighted by Gasteiger charge is -2.40. The van der Waals surface area contributed by atoms with Gasteiger partial charge in [-0.1, -0.05) is 44.2 Å². The highest BCUT2D eigenvalue weighted by Crippen LogP contribution is 2.42. The Kier molecular flexibility index (Phi) is 4.90. The molecular weight excluding hydrogens is 363 g/mol. The number of nitrogens with zero attached hydrogens (tertiary/aromatic N) is 4. The molecule has 7 heteroatoms. The molecule has 0 spiro atoms. The highest BCUT2D eigenvalue weighted by molar-refractivity contribution is 7.17. The zero-order chi connectivity index (χ0) is 19.1. The average Bonchev–Trinajstić information content (AvgIpc) is 3.14. The van der Waals surface area contributed by atoms with Crippen molar-refractivity contribution in [2.24, 2.45) is 11.8 Å². The van der Waals surface area contributed by atoms with Crippen LogP contribution in [0.15, 0.2) is 24.3 Å². The van der Waals surface area contributed by atoms with E-state index < -0.39 is 0 Å². The smallest absolute Gasteiger partial charge is 0.230 e. The molecule has 2 aromatic heterocycles. The molecular formula is C20H25FN4OS. The Morgan fingerprint density at radius 1 is 1.30 bits per heavy atom. The lowest BCUT2D eigenvalue weighted by atomic mass is 9.89. The Balaban J connectivity index is 1.82. The number of hydrogen-bond donors (Lipinski definition) is 1. The molecule has 0 unspecified atom stereocenters. The van der Waals surface area contributed by atoms with E-state index in [0.29, 0.717) is 22.6 Å². The second-order valence-corrected chi connectivity index (χ2v) is 8.73. The van der Waals surface area contributed by atoms with E-state index >= 15 is 0 Å². The van der Waals surface area contributed by atoms with Crippen molar-refractivity contribution < 1.29 is 9.50 Å². The van der Waals surface area contributed by atoms with E-state index in [1.54, 1.807) is 12.1 Å². The highest BCUT2D eigenvalue weighted by Gasteiger charge is 2.33. The predicted molar refractivity (Wildman–Crippen MR) is 105 cm³/mol. The van der Waals surface area contributed by atoms with Crippen LogP contribution >= 0.6 is 11.3 Å². The maximum absolute atomic E-state index is 14.0. The van der Waals surface area contributed by atoms with Crippen LogP contribution in [0.4, 0.5) is 4.39 Å². The van der Waals surface area contributed by atoms with Crippen LogP contribution in [0.25, 0.3) is 4.96 Å². The van der Waals surface area contributed by atoms with Gasteiger partial charge < -0.3 is 5.11 Å². The Morgan fingerprint density at radius 3 is 2.67 bits per heavy atom. The highest BCUT2D eigenvalue weighted by atomic mass is 32.1. The van der Waals surface area contributed by atoms with E-state index in [1.165, 1.54) is 28.3 Å². The van der Waals surface area contributed by atoms with Gasteiger partial charge in [-0.2, -0.15) is 4.52 Å². The summed E-state index contributed by atoms with van der Waals surface area (Å²) in [6.07, 6.45) is 1.91. The zero-order valence-electron chi connectivity index (χ0n) is 15.9. The molecule has 144 valence electrons. The zero-order valence-corrected chi connectivity index (χ0v) is 16.7. The van der Waals surface area contributed by atoms with Gasteiger partial charge in [-0.05, 0) is 36.0 Å². The SMILES string of the molecule is CCc1nc2sc([C@H](c3cccc(F)c3)N3C[C@H](C)C[C@H](C)C3)c(O)n2n1. The summed E-state index contributed by atoms with van der Waals surface area (Å²) >= 11 is 1.44. The summed E-state index contributed by atoms with van der Waals surface area (Å²) in [5.74, 6) is 1.68. The standard InChI is InChI=1S/C20H25FN4OS/c1-4-16-22-20-25(23-16)19(26)18(27-20)17(14-6-5-7-15(21)9-14)24-10-12(2)8-13(3)11-24/h5-7,9,12-13,17,26H,4,8,10-11H2,1-3H3/t12-,13+,17-/m0/s1. The molecule has 1 saturated heterocycles. The second kappa shape index (κ2) is 7.20. The largest absolute Gasteiger partial charge is 0.492 e. The van der Waals surface area contributed by atoms with Gasteiger partial charge in [0.2, 0.25) is 10.8 Å². The van der Waals surface area contributed by atoms with Crippen molar-refractivity contribution >= 4 is 16.3 Å². The number of aromatic nitrogens is 3. The number of aryl methyl sites for hydroxylation is 1. The third-order valence-corrected chi connectivity index (χ3v) is 6.31. The molecule has 1 aliphatic rings. The molecule has 1 fully saturated rings. The first kappa shape index (κ1) is 18.4. The Hall–Kier alpha value is -1.99. The lowest BCUT2D eigenvalue weighted by molar-refractivity contribution is 0.111. The van der Waals surface area contributed by atoms with E-state index in [0.717, 1.165) is 30.0 Å². The number of likely N-dealkylation sites (tertiary alicyclic amines) is 1. The summed E-state index contributed by atoms with van der Waals surface area (Å²) in [5.41, 5.74) is 0.854. The first-order valence-corrected chi connectivity index (χ1v) is 10.3. The number of benzene rings is 1. The Bertz CT molecular complexity index is 943. The molecule has 3 atom stereocenters. The van der Waals surface area contributed by atoms with Gasteiger partial charge in [0.15, 0.2) is 5.82 Å². The molecule has 0 bridgehead atoms. The van der Waals surface area contributed by atoms with Crippen LogP contribution < -0.4 is 0 Å². The minimum Gasteiger partial charge on any atom is -0.492 e. The summed E-state index contributed by atoms with van der Waals surface area (Å²) in [4.78, 5) is 8.32. The number of thiazole rings is 1. The van der Waals surface area contributed by atoms with Gasteiger partial charge in [-0.25, -0.2) is 9.37 Å². The van der Waals surface area contributed by atoms with Crippen molar-refractivity contribution in [3.8, 4) is 5.88 Å². The fraction of sp³-hybridized carbons (Fsp3) is 0.500. The van der Waals surface area contributed by atoms with Crippen LogP contribution in [-0.4, -0.2) is 37.7 Å². The molecule has 0 saturated carbocycles. The van der Waals surface area contributed by atoms with E-state index in [1.807, 2.05) is 13.0 Å². The third kappa shape index (κ3) is 3.46. The van der Waals surface area contributed by atoms with E-state index in [9.17, 15) is 9.50 Å². The molecule has 1 aliphatic heterocycles. The monoisotopic (exact) mass is 388 g/mol. The number of piperidine rings is 1. The fourth-order valence-corrected chi connectivity index (χ4v) is 5.38. The van der Waals surface area contributed by atoms with Crippen molar-refractivity contribution in [1.82, 2.24) is 19.5 Å². The maximum atomic E-state index is 14.0. The van der Waals surface area contributed by atoms with Crippen LogP contribution in [-0.2, 0) is 6.42 Å². The number of rotatable bonds is 4. The Morgan fingerprint density at radius 2 is 2.04 bits per heavy atom. The van der Waals surface area contributed by atoms with E-state index in [4.69, 9.17) is 0 Å². The molecule has 1 N–H and O–H groups in total. The van der Waals surface area contributed by atoms with E-state index in [-0.39, 0.29) is 17.7 Å². The molecule has 3 heterocycles. The number of aromatic hydroxyl groups is 1. The predicted octanol–water partition coefficient (Wildman–Crippen LogP) is 4.27. The molecule has 0 radical (unpaired) electrons. The van der Waals surface area contributed by atoms with Crippen molar-refractivity contribution in [3.05, 3.63) is 46.3 Å². The Labute approximate surface area is 162 Å². The fourth-order valence-electron chi connectivity index (χ4n) is 4.25. The van der Waals surface area contributed by atoms with Crippen molar-refractivity contribution in [3.63, 3.8) is 0 Å². The van der Waals surface area contributed by atoms with Crippen molar-refractivity contribution in [1.29, 1.82) is 0 Å². The number of fused-ring (bicyclic) bond motifs is 1. The minimum atomic E-state index is -0.261. The van der Waals surface area contributed by atoms with Crippen LogP contribution in [0.5, 0.6) is 5.88 Å². The quantitative estimate of drug-likeness (QED) is 0.725. The topological polar surface area (TPSA) is 53.7 Å². The van der Waals surface area contributed by atoms with Crippen LogP contribution in [0.2, 0.25) is 0 Å². The lowest BCUT2D eigenvalue weighted by Crippen LogP contribution is -2.41. The van der Waals surface area contributed by atoms with Crippen LogP contribution in [0.3, 0.4) is 0 Å². The summed E-state index contributed by atoms with van der Waals surface area (Å²) in [6, 6.07) is 6.49. The first-order valence-electron chi connectivity index (χ1n) is 9.53. The third-order valence-electron chi connectivity index (χ3n) is 5.23. The molecule has 5 nitrogen and oxygen atoms in total. The first-order chi connectivity index (χ1) is 13.0. The summed E-state index contributed by atoms with van der Waals surface area (Å²) in [7, 11) is 0. The van der Waals surface area contributed by atoms with Gasteiger partial charge >= 0.3 is 0 Å². The summed E-state index contributed by atoms with van der Waals surface area (Å²) in [5, 5.41) is 15.3. The minimum absolute atomic E-state index is 0.113. The normalized spacial score (nSPS) is 22.4. The summed E-state index contributed by atoms with van der Waals surface area (Å²) in [6.45, 7) is 8.32. The number of hydrogen-bond acceptors (Lipinski definition) is 5. The molecule has 27 heavy (non-hydrogen) atoms. The molecule has 3 aromatic rings. The maximum Gasteiger partial charge on any atom is 0.230 e. The second-order valence-electron chi connectivity index (χ2n) is 7.72. The van der Waals surface area contributed by atoms with Crippen LogP contribution in [0, 0.1) is 17.7 Å². The molecule has 0 amide bonds. The van der Waals surface area contributed by atoms with Gasteiger partial charge in [0.25, 0.3) is 0 Å².